The zero-order chi connectivity index (χ0) is 27.2. The lowest BCUT2D eigenvalue weighted by molar-refractivity contribution is -0.134. The van der Waals surface area contributed by atoms with Gasteiger partial charge in [0.15, 0.2) is 0 Å². The van der Waals surface area contributed by atoms with Gasteiger partial charge in [-0.1, -0.05) is 36.4 Å². The van der Waals surface area contributed by atoms with E-state index in [9.17, 15) is 0 Å². The van der Waals surface area contributed by atoms with Crippen LogP contribution < -0.4 is 16.4 Å². The fourth-order valence-electron chi connectivity index (χ4n) is 4.16. The van der Waals surface area contributed by atoms with E-state index < -0.39 is 5.97 Å². The summed E-state index contributed by atoms with van der Waals surface area (Å²) in [6.07, 6.45) is 7.90. The van der Waals surface area contributed by atoms with Crippen molar-refractivity contribution in [3.8, 4) is 11.1 Å². The number of hydrogen-bond acceptors (Lipinski definition) is 6. The first-order valence-electron chi connectivity index (χ1n) is 11.7. The van der Waals surface area contributed by atoms with E-state index in [0.29, 0.717) is 17.0 Å². The Hall–Kier alpha value is -5.02. The number of carboxylic acids is 1. The summed E-state index contributed by atoms with van der Waals surface area (Å²) in [5, 5.41) is 27.1. The van der Waals surface area contributed by atoms with Gasteiger partial charge in [0, 0.05) is 42.0 Å². The SMILES string of the molecule is CC(=O)O.CN1C(=C2C=CC(=NN=Nc3ccc(C(=N)N)cc3)C=C2)c2cc(N)ccc2-c2ccccc21.Cl. The molecule has 6 N–H and O–H groups in total. The number of aliphatic carboxylic acids is 1. The van der Waals surface area contributed by atoms with Crippen LogP contribution in [0.2, 0.25) is 0 Å². The molecule has 0 radical (unpaired) electrons. The molecule has 0 unspecified atom stereocenters. The van der Waals surface area contributed by atoms with E-state index in [1.165, 1.54) is 5.56 Å². The highest BCUT2D eigenvalue weighted by Crippen LogP contribution is 2.45. The third-order valence-corrected chi connectivity index (χ3v) is 5.83. The first-order valence-corrected chi connectivity index (χ1v) is 11.7. The number of benzene rings is 3. The highest BCUT2D eigenvalue weighted by Gasteiger charge is 2.26. The van der Waals surface area contributed by atoms with E-state index >= 15 is 0 Å². The summed E-state index contributed by atoms with van der Waals surface area (Å²) in [6.45, 7) is 1.08. The standard InChI is InChI=1S/C27H23N7.C2H4O2.ClH/c1-34-25-5-3-2-4-23(25)22-15-10-19(28)16-24(22)26(34)17-6-11-20(12-7-17)31-33-32-21-13-8-18(9-14-21)27(29)30;1-2(3)4;/h2-16H,28H2,1H3,(H3,29,30);1H3,(H,3,4);1H. The number of nitrogens with one attached hydrogen (secondary N) is 1. The molecular formula is C29H28ClN7O2. The van der Waals surface area contributed by atoms with Gasteiger partial charge in [-0.15, -0.1) is 22.6 Å². The predicted octanol–water partition coefficient (Wildman–Crippen LogP) is 6.16. The van der Waals surface area contributed by atoms with Crippen LogP contribution in [0.5, 0.6) is 0 Å². The van der Waals surface area contributed by atoms with E-state index in [4.69, 9.17) is 26.8 Å². The van der Waals surface area contributed by atoms with E-state index in [0.717, 1.165) is 40.7 Å². The predicted molar refractivity (Wildman–Crippen MR) is 160 cm³/mol. The van der Waals surface area contributed by atoms with Crippen LogP contribution in [0.1, 0.15) is 18.1 Å². The normalized spacial score (nSPS) is 13.2. The molecule has 198 valence electrons. The summed E-state index contributed by atoms with van der Waals surface area (Å²) in [6, 6.07) is 21.4. The zero-order valence-electron chi connectivity index (χ0n) is 21.4. The van der Waals surface area contributed by atoms with Crippen LogP contribution in [0.25, 0.3) is 16.8 Å². The number of nitrogen functional groups attached to an aromatic ring is 2. The molecule has 1 aliphatic heterocycles. The van der Waals surface area contributed by atoms with Gasteiger partial charge < -0.3 is 21.5 Å². The quantitative estimate of drug-likeness (QED) is 0.103. The number of carboxylic acid groups (broad SMARTS) is 1. The zero-order valence-corrected chi connectivity index (χ0v) is 22.2. The molecule has 2 aliphatic rings. The van der Waals surface area contributed by atoms with E-state index in [-0.39, 0.29) is 18.2 Å². The number of anilines is 2. The second-order valence-corrected chi connectivity index (χ2v) is 8.55. The van der Waals surface area contributed by atoms with Crippen LogP contribution in [0.15, 0.2) is 112 Å². The molecule has 1 aliphatic carbocycles. The maximum absolute atomic E-state index is 9.00. The lowest BCUT2D eigenvalue weighted by Crippen LogP contribution is -2.22. The molecule has 0 spiro atoms. The molecule has 0 amide bonds. The summed E-state index contributed by atoms with van der Waals surface area (Å²) in [4.78, 5) is 11.2. The second-order valence-electron chi connectivity index (χ2n) is 8.55. The fourth-order valence-corrected chi connectivity index (χ4v) is 4.16. The summed E-state index contributed by atoms with van der Waals surface area (Å²) in [5.74, 6) is -0.816. The molecule has 1 heterocycles. The smallest absolute Gasteiger partial charge is 0.300 e. The van der Waals surface area contributed by atoms with Gasteiger partial charge in [-0.3, -0.25) is 10.2 Å². The van der Waals surface area contributed by atoms with Crippen molar-refractivity contribution >= 4 is 52.7 Å². The van der Waals surface area contributed by atoms with Crippen molar-refractivity contribution in [2.75, 3.05) is 17.7 Å². The Bertz CT molecular complexity index is 1530. The minimum absolute atomic E-state index is 0. The topological polar surface area (TPSA) is 154 Å². The average Bonchev–Trinajstić information content (AvgIpc) is 2.89. The van der Waals surface area contributed by atoms with Crippen molar-refractivity contribution in [2.45, 2.75) is 6.92 Å². The maximum Gasteiger partial charge on any atom is 0.300 e. The molecule has 0 fully saturated rings. The van der Waals surface area contributed by atoms with E-state index in [2.05, 4.69) is 57.7 Å². The second kappa shape index (κ2) is 12.5. The Morgan fingerprint density at radius 3 is 2.21 bits per heavy atom. The third kappa shape index (κ3) is 6.65. The van der Waals surface area contributed by atoms with Gasteiger partial charge in [-0.25, -0.2) is 0 Å². The van der Waals surface area contributed by atoms with Crippen molar-refractivity contribution < 1.29 is 9.90 Å². The van der Waals surface area contributed by atoms with Crippen LogP contribution in [0.4, 0.5) is 17.1 Å². The molecule has 10 heteroatoms. The Morgan fingerprint density at radius 1 is 0.923 bits per heavy atom. The molecule has 0 saturated heterocycles. The van der Waals surface area contributed by atoms with Crippen molar-refractivity contribution in [2.24, 2.45) is 21.2 Å². The van der Waals surface area contributed by atoms with Crippen LogP contribution in [0, 0.1) is 5.41 Å². The minimum atomic E-state index is -0.833. The number of rotatable bonds is 3. The Labute approximate surface area is 232 Å². The molecule has 9 nitrogen and oxygen atoms in total. The summed E-state index contributed by atoms with van der Waals surface area (Å²) < 4.78 is 0. The van der Waals surface area contributed by atoms with Gasteiger partial charge >= 0.3 is 0 Å². The van der Waals surface area contributed by atoms with Gasteiger partial charge in [0.25, 0.3) is 5.97 Å². The molecule has 39 heavy (non-hydrogen) atoms. The van der Waals surface area contributed by atoms with Crippen LogP contribution in [-0.2, 0) is 4.79 Å². The van der Waals surface area contributed by atoms with Crippen molar-refractivity contribution in [1.82, 2.24) is 0 Å². The van der Waals surface area contributed by atoms with Gasteiger partial charge in [0.1, 0.15) is 5.84 Å². The number of para-hydroxylation sites is 1. The van der Waals surface area contributed by atoms with Crippen molar-refractivity contribution in [3.05, 3.63) is 108 Å². The summed E-state index contributed by atoms with van der Waals surface area (Å²) in [5.41, 5.74) is 21.1. The van der Waals surface area contributed by atoms with Crippen molar-refractivity contribution in [3.63, 3.8) is 0 Å². The molecule has 5 rings (SSSR count). The first kappa shape index (κ1) is 28.5. The van der Waals surface area contributed by atoms with E-state index in [1.807, 2.05) is 36.4 Å². The van der Waals surface area contributed by atoms with Gasteiger partial charge in [0.2, 0.25) is 0 Å². The Kier molecular flexibility index (Phi) is 9.14. The Morgan fingerprint density at radius 2 is 1.56 bits per heavy atom. The first-order chi connectivity index (χ1) is 18.2. The number of halogens is 1. The highest BCUT2D eigenvalue weighted by molar-refractivity contribution is 6.08. The number of amidine groups is 1. The third-order valence-electron chi connectivity index (χ3n) is 5.83. The van der Waals surface area contributed by atoms with Crippen LogP contribution >= 0.6 is 12.4 Å². The molecule has 0 bridgehead atoms. The monoisotopic (exact) mass is 541 g/mol. The maximum atomic E-state index is 9.00. The Balaban J connectivity index is 0.000000788. The number of nitrogens with zero attached hydrogens (tertiary/aromatic N) is 4. The minimum Gasteiger partial charge on any atom is -0.481 e. The van der Waals surface area contributed by atoms with Crippen molar-refractivity contribution in [1.29, 1.82) is 5.41 Å². The molecule has 3 aromatic carbocycles. The number of fused-ring (bicyclic) bond motifs is 3. The van der Waals surface area contributed by atoms with Crippen LogP contribution in [-0.4, -0.2) is 29.7 Å². The van der Waals surface area contributed by atoms with Gasteiger partial charge in [0.05, 0.1) is 17.1 Å². The number of nitrogens with two attached hydrogens (primary N) is 2. The van der Waals surface area contributed by atoms with Gasteiger partial charge in [-0.2, -0.15) is 0 Å². The average molecular weight is 542 g/mol. The van der Waals surface area contributed by atoms with Crippen LogP contribution in [0.3, 0.4) is 0 Å². The number of hydrogen-bond donors (Lipinski definition) is 4. The molecule has 0 aromatic heterocycles. The molecule has 3 aromatic rings. The number of carbonyl (C=O) groups is 1. The summed E-state index contributed by atoms with van der Waals surface area (Å²) >= 11 is 0. The van der Waals surface area contributed by atoms with Gasteiger partial charge in [-0.05, 0) is 71.0 Å². The molecular weight excluding hydrogens is 514 g/mol. The molecule has 0 atom stereocenters. The number of allylic oxidation sites excluding steroid dienone is 5. The highest BCUT2D eigenvalue weighted by atomic mass is 35.5. The summed E-state index contributed by atoms with van der Waals surface area (Å²) in [7, 11) is 2.07. The molecule has 0 saturated carbocycles. The largest absolute Gasteiger partial charge is 0.481 e. The lowest BCUT2D eigenvalue weighted by atomic mass is 9.88. The van der Waals surface area contributed by atoms with E-state index in [1.54, 1.807) is 24.3 Å². The lowest BCUT2D eigenvalue weighted by Gasteiger charge is -2.33. The fraction of sp³-hybridized carbons (Fsp3) is 0.0690.